The summed E-state index contributed by atoms with van der Waals surface area (Å²) in [6, 6.07) is 14.9. The zero-order valence-corrected chi connectivity index (χ0v) is 16.9. The van der Waals surface area contributed by atoms with Gasteiger partial charge in [0.15, 0.2) is 12.4 Å². The molecule has 3 aromatic rings. The van der Waals surface area contributed by atoms with Gasteiger partial charge in [-0.05, 0) is 47.9 Å². The zero-order chi connectivity index (χ0) is 19.9. The lowest BCUT2D eigenvalue weighted by Gasteiger charge is -2.07. The summed E-state index contributed by atoms with van der Waals surface area (Å²) in [5, 5.41) is 8.26. The highest BCUT2D eigenvalue weighted by molar-refractivity contribution is 7.99. The molecule has 3 rings (SSSR count). The molecule has 0 fully saturated rings. The number of benzene rings is 2. The van der Waals surface area contributed by atoms with Gasteiger partial charge in [0.05, 0.1) is 12.9 Å². The first kappa shape index (κ1) is 19.9. The van der Waals surface area contributed by atoms with E-state index in [0.29, 0.717) is 28.3 Å². The van der Waals surface area contributed by atoms with E-state index < -0.39 is 0 Å². The van der Waals surface area contributed by atoms with Crippen LogP contribution in [0.25, 0.3) is 0 Å². The summed E-state index contributed by atoms with van der Waals surface area (Å²) in [6.45, 7) is 4.47. The van der Waals surface area contributed by atoms with Gasteiger partial charge >= 0.3 is 0 Å². The fraction of sp³-hybridized carbons (Fsp3) is 0.286. The number of hydrogen-bond acceptors (Lipinski definition) is 7. The van der Waals surface area contributed by atoms with E-state index in [2.05, 4.69) is 24.0 Å². The molecule has 0 saturated carbocycles. The number of nitrogens with zero attached hydrogens (tertiary/aromatic N) is 2. The van der Waals surface area contributed by atoms with E-state index in [4.69, 9.17) is 13.9 Å². The van der Waals surface area contributed by atoms with Crippen LogP contribution in [0.2, 0.25) is 0 Å². The minimum Gasteiger partial charge on any atom is -0.497 e. The van der Waals surface area contributed by atoms with Gasteiger partial charge < -0.3 is 13.9 Å². The summed E-state index contributed by atoms with van der Waals surface area (Å²) >= 11 is 1.20. The van der Waals surface area contributed by atoms with Crippen molar-refractivity contribution in [1.82, 2.24) is 10.2 Å². The molecule has 0 spiro atoms. The lowest BCUT2D eigenvalue weighted by atomic mass is 10.0. The van der Waals surface area contributed by atoms with Crippen LogP contribution in [-0.4, -0.2) is 28.8 Å². The molecule has 2 aromatic carbocycles. The third-order valence-electron chi connectivity index (χ3n) is 4.10. The van der Waals surface area contributed by atoms with Crippen LogP contribution in [0, 0.1) is 0 Å². The van der Waals surface area contributed by atoms with E-state index in [9.17, 15) is 4.79 Å². The van der Waals surface area contributed by atoms with Crippen molar-refractivity contribution in [3.63, 3.8) is 0 Å². The summed E-state index contributed by atoms with van der Waals surface area (Å²) in [5.41, 5.74) is 1.87. The fourth-order valence-electron chi connectivity index (χ4n) is 2.44. The molecule has 0 atom stereocenters. The van der Waals surface area contributed by atoms with Gasteiger partial charge in [0, 0.05) is 5.56 Å². The van der Waals surface area contributed by atoms with Gasteiger partial charge in [-0.25, -0.2) is 0 Å². The smallest absolute Gasteiger partial charge is 0.277 e. The van der Waals surface area contributed by atoms with Crippen LogP contribution >= 0.6 is 11.8 Å². The Hall–Kier alpha value is -2.80. The zero-order valence-electron chi connectivity index (χ0n) is 16.0. The Bertz CT molecular complexity index is 905. The second-order valence-electron chi connectivity index (χ2n) is 6.41. The van der Waals surface area contributed by atoms with Crippen LogP contribution in [0.3, 0.4) is 0 Å². The maximum atomic E-state index is 12.2. The Morgan fingerprint density at radius 1 is 1.04 bits per heavy atom. The largest absolute Gasteiger partial charge is 0.497 e. The average Bonchev–Trinajstić information content (AvgIpc) is 3.18. The van der Waals surface area contributed by atoms with E-state index in [1.807, 2.05) is 24.3 Å². The van der Waals surface area contributed by atoms with E-state index in [-0.39, 0.29) is 18.1 Å². The molecule has 0 saturated heterocycles. The van der Waals surface area contributed by atoms with E-state index in [1.165, 1.54) is 17.3 Å². The molecule has 0 N–H and O–H groups in total. The van der Waals surface area contributed by atoms with Crippen LogP contribution in [-0.2, 0) is 6.61 Å². The van der Waals surface area contributed by atoms with Crippen LogP contribution < -0.4 is 9.47 Å². The standard InChI is InChI=1S/C21H22N2O4S/c1-14(2)15-4-10-18(11-5-15)26-12-20-22-23-21(27-20)28-13-19(24)16-6-8-17(25-3)9-7-16/h4-11,14H,12-13H2,1-3H3. The van der Waals surface area contributed by atoms with E-state index >= 15 is 0 Å². The van der Waals surface area contributed by atoms with Crippen molar-refractivity contribution in [2.24, 2.45) is 0 Å². The van der Waals surface area contributed by atoms with Crippen molar-refractivity contribution in [3.05, 3.63) is 65.5 Å². The first-order valence-corrected chi connectivity index (χ1v) is 9.89. The molecule has 0 unspecified atom stereocenters. The monoisotopic (exact) mass is 398 g/mol. The summed E-state index contributed by atoms with van der Waals surface area (Å²) in [5.74, 6) is 2.49. The van der Waals surface area contributed by atoms with Gasteiger partial charge in [-0.15, -0.1) is 10.2 Å². The van der Waals surface area contributed by atoms with Crippen molar-refractivity contribution < 1.29 is 18.7 Å². The Labute approximate surface area is 168 Å². The van der Waals surface area contributed by atoms with Crippen molar-refractivity contribution in [2.75, 3.05) is 12.9 Å². The van der Waals surface area contributed by atoms with E-state index in [1.54, 1.807) is 31.4 Å². The topological polar surface area (TPSA) is 74.5 Å². The summed E-state index contributed by atoms with van der Waals surface area (Å²) in [6.07, 6.45) is 0. The number of thioether (sulfide) groups is 1. The Morgan fingerprint density at radius 2 is 1.71 bits per heavy atom. The minimum absolute atomic E-state index is 0.0195. The molecule has 0 aliphatic heterocycles. The van der Waals surface area contributed by atoms with Gasteiger partial charge in [0.2, 0.25) is 0 Å². The maximum absolute atomic E-state index is 12.2. The number of rotatable bonds is 9. The number of hydrogen-bond donors (Lipinski definition) is 0. The molecular formula is C21H22N2O4S. The van der Waals surface area contributed by atoms with Crippen molar-refractivity contribution in [2.45, 2.75) is 31.6 Å². The average molecular weight is 398 g/mol. The van der Waals surface area contributed by atoms with Crippen molar-refractivity contribution in [3.8, 4) is 11.5 Å². The summed E-state index contributed by atoms with van der Waals surface area (Å²) < 4.78 is 16.3. The van der Waals surface area contributed by atoms with Gasteiger partial charge in [-0.2, -0.15) is 0 Å². The van der Waals surface area contributed by atoms with Gasteiger partial charge in [0.25, 0.3) is 11.1 Å². The highest BCUT2D eigenvalue weighted by atomic mass is 32.2. The third-order valence-corrected chi connectivity index (χ3v) is 4.91. The first-order chi connectivity index (χ1) is 13.5. The van der Waals surface area contributed by atoms with Crippen LogP contribution in [0.4, 0.5) is 0 Å². The maximum Gasteiger partial charge on any atom is 0.277 e. The second kappa shape index (κ2) is 9.41. The number of carbonyl (C=O) groups is 1. The van der Waals surface area contributed by atoms with E-state index in [0.717, 1.165) is 5.75 Å². The SMILES string of the molecule is COc1ccc(C(=O)CSc2nnc(COc3ccc(C(C)C)cc3)o2)cc1. The molecule has 0 aliphatic rings. The molecule has 1 aromatic heterocycles. The number of ketones is 1. The van der Waals surface area contributed by atoms with Crippen LogP contribution in [0.1, 0.15) is 41.6 Å². The molecule has 0 amide bonds. The summed E-state index contributed by atoms with van der Waals surface area (Å²) in [4.78, 5) is 12.2. The highest BCUT2D eigenvalue weighted by Gasteiger charge is 2.12. The molecule has 0 aliphatic carbocycles. The predicted octanol–water partition coefficient (Wildman–Crippen LogP) is 4.76. The van der Waals surface area contributed by atoms with Crippen molar-refractivity contribution in [1.29, 1.82) is 0 Å². The Kier molecular flexibility index (Phi) is 6.71. The molecule has 146 valence electrons. The molecule has 6 nitrogen and oxygen atoms in total. The minimum atomic E-state index is -0.0195. The lowest BCUT2D eigenvalue weighted by molar-refractivity contribution is 0.102. The van der Waals surface area contributed by atoms with Crippen LogP contribution in [0.15, 0.2) is 58.2 Å². The first-order valence-electron chi connectivity index (χ1n) is 8.90. The predicted molar refractivity (Wildman–Crippen MR) is 107 cm³/mol. The molecule has 0 bridgehead atoms. The number of aromatic nitrogens is 2. The van der Waals surface area contributed by atoms with Gasteiger partial charge in [0.1, 0.15) is 11.5 Å². The number of ether oxygens (including phenoxy) is 2. The molecule has 28 heavy (non-hydrogen) atoms. The Balaban J connectivity index is 1.48. The molecule has 1 heterocycles. The van der Waals surface area contributed by atoms with Gasteiger partial charge in [-0.3, -0.25) is 4.79 Å². The third kappa shape index (κ3) is 5.36. The molecular weight excluding hydrogens is 376 g/mol. The lowest BCUT2D eigenvalue weighted by Crippen LogP contribution is -2.02. The number of methoxy groups -OCH3 is 1. The summed E-state index contributed by atoms with van der Waals surface area (Å²) in [7, 11) is 1.59. The quantitative estimate of drug-likeness (QED) is 0.380. The second-order valence-corrected chi connectivity index (χ2v) is 7.34. The normalized spacial score (nSPS) is 10.9. The van der Waals surface area contributed by atoms with Gasteiger partial charge in [-0.1, -0.05) is 37.7 Å². The highest BCUT2D eigenvalue weighted by Crippen LogP contribution is 2.21. The fourth-order valence-corrected chi connectivity index (χ4v) is 3.11. The van der Waals surface area contributed by atoms with Crippen LogP contribution in [0.5, 0.6) is 11.5 Å². The Morgan fingerprint density at radius 3 is 2.36 bits per heavy atom. The molecule has 7 heteroatoms. The number of carbonyl (C=O) groups excluding carboxylic acids is 1. The molecule has 0 radical (unpaired) electrons. The van der Waals surface area contributed by atoms with Crippen molar-refractivity contribution >= 4 is 17.5 Å². The number of Topliss-reactive ketones (excluding diaryl/α,β-unsaturated/α-hetero) is 1.